The first kappa shape index (κ1) is 14.4. The minimum absolute atomic E-state index is 0.279. The van der Waals surface area contributed by atoms with Gasteiger partial charge in [0.15, 0.2) is 0 Å². The molecule has 1 amide bonds. The van der Waals surface area contributed by atoms with Gasteiger partial charge in [-0.15, -0.1) is 0 Å². The fraction of sp³-hybridized carbons (Fsp3) is 0.941. The maximum atomic E-state index is 13.0. The SMILES string of the molecule is CC(C)CCN(C(=O)C1CC2CCC1N2)C1CCCC1. The van der Waals surface area contributed by atoms with Gasteiger partial charge in [-0.3, -0.25) is 4.79 Å². The molecule has 20 heavy (non-hydrogen) atoms. The average molecular weight is 278 g/mol. The zero-order valence-corrected chi connectivity index (χ0v) is 13.1. The van der Waals surface area contributed by atoms with Crippen LogP contribution in [0.25, 0.3) is 0 Å². The minimum atomic E-state index is 0.279. The fourth-order valence-corrected chi connectivity index (χ4v) is 4.40. The van der Waals surface area contributed by atoms with Crippen molar-refractivity contribution in [3.05, 3.63) is 0 Å². The van der Waals surface area contributed by atoms with E-state index in [1.807, 2.05) is 0 Å². The molecule has 3 heteroatoms. The molecule has 0 radical (unpaired) electrons. The topological polar surface area (TPSA) is 32.3 Å². The first-order chi connectivity index (χ1) is 9.65. The molecule has 3 aliphatic rings. The van der Waals surface area contributed by atoms with Crippen molar-refractivity contribution in [2.24, 2.45) is 11.8 Å². The molecular weight excluding hydrogens is 248 g/mol. The largest absolute Gasteiger partial charge is 0.339 e. The lowest BCUT2D eigenvalue weighted by atomic mass is 9.87. The molecule has 2 heterocycles. The molecule has 3 unspecified atom stereocenters. The first-order valence-electron chi connectivity index (χ1n) is 8.71. The number of fused-ring (bicyclic) bond motifs is 2. The summed E-state index contributed by atoms with van der Waals surface area (Å²) in [5.74, 6) is 1.43. The van der Waals surface area contributed by atoms with Crippen molar-refractivity contribution in [3.63, 3.8) is 0 Å². The number of nitrogens with one attached hydrogen (secondary N) is 1. The Kier molecular flexibility index (Phi) is 4.34. The lowest BCUT2D eigenvalue weighted by molar-refractivity contribution is -0.138. The molecule has 3 fully saturated rings. The second-order valence-electron chi connectivity index (χ2n) is 7.54. The molecule has 1 N–H and O–H groups in total. The Hall–Kier alpha value is -0.570. The average Bonchev–Trinajstić information content (AvgIpc) is 3.15. The number of nitrogens with zero attached hydrogens (tertiary/aromatic N) is 1. The predicted octanol–water partition coefficient (Wildman–Crippen LogP) is 2.94. The maximum Gasteiger partial charge on any atom is 0.227 e. The predicted molar refractivity (Wildman–Crippen MR) is 81.5 cm³/mol. The minimum Gasteiger partial charge on any atom is -0.339 e. The number of carbonyl (C=O) groups is 1. The van der Waals surface area contributed by atoms with Crippen molar-refractivity contribution >= 4 is 5.91 Å². The summed E-state index contributed by atoms with van der Waals surface area (Å²) in [6.45, 7) is 5.50. The normalized spacial score (nSPS) is 33.2. The molecule has 1 aliphatic carbocycles. The molecule has 0 aromatic heterocycles. The van der Waals surface area contributed by atoms with Gasteiger partial charge in [0.2, 0.25) is 5.91 Å². The molecule has 3 nitrogen and oxygen atoms in total. The van der Waals surface area contributed by atoms with E-state index in [-0.39, 0.29) is 5.92 Å². The van der Waals surface area contributed by atoms with Gasteiger partial charge in [-0.2, -0.15) is 0 Å². The highest BCUT2D eigenvalue weighted by Crippen LogP contribution is 2.36. The zero-order chi connectivity index (χ0) is 14.1. The molecular formula is C17H30N2O. The van der Waals surface area contributed by atoms with E-state index in [0.29, 0.717) is 30.0 Å². The van der Waals surface area contributed by atoms with E-state index in [1.165, 1.54) is 38.5 Å². The molecule has 114 valence electrons. The molecule has 2 bridgehead atoms. The summed E-state index contributed by atoms with van der Waals surface area (Å²) in [7, 11) is 0. The van der Waals surface area contributed by atoms with E-state index in [1.54, 1.807) is 0 Å². The van der Waals surface area contributed by atoms with Crippen LogP contribution in [0.4, 0.5) is 0 Å². The Bertz CT molecular complexity index is 349. The van der Waals surface area contributed by atoms with Crippen molar-refractivity contribution in [3.8, 4) is 0 Å². The summed E-state index contributed by atoms with van der Waals surface area (Å²) in [5.41, 5.74) is 0. The summed E-state index contributed by atoms with van der Waals surface area (Å²) in [5, 5.41) is 3.62. The quantitative estimate of drug-likeness (QED) is 0.838. The summed E-state index contributed by atoms with van der Waals surface area (Å²) < 4.78 is 0. The Labute approximate surface area is 123 Å². The number of rotatable bonds is 5. The fourth-order valence-electron chi connectivity index (χ4n) is 4.40. The van der Waals surface area contributed by atoms with Crippen molar-refractivity contribution in [1.29, 1.82) is 0 Å². The van der Waals surface area contributed by atoms with Gasteiger partial charge < -0.3 is 10.2 Å². The third-order valence-electron chi connectivity index (χ3n) is 5.61. The van der Waals surface area contributed by atoms with Crippen molar-refractivity contribution < 1.29 is 4.79 Å². The van der Waals surface area contributed by atoms with Gasteiger partial charge in [0, 0.05) is 24.7 Å². The summed E-state index contributed by atoms with van der Waals surface area (Å²) >= 11 is 0. The van der Waals surface area contributed by atoms with Crippen LogP contribution in [0.1, 0.15) is 65.2 Å². The highest BCUT2D eigenvalue weighted by molar-refractivity contribution is 5.80. The first-order valence-corrected chi connectivity index (χ1v) is 8.71. The van der Waals surface area contributed by atoms with Crippen LogP contribution < -0.4 is 5.32 Å². The van der Waals surface area contributed by atoms with E-state index in [4.69, 9.17) is 0 Å². The molecule has 1 saturated carbocycles. The zero-order valence-electron chi connectivity index (χ0n) is 13.1. The highest BCUT2D eigenvalue weighted by Gasteiger charge is 2.45. The standard InChI is InChI=1S/C17H30N2O/c1-12(2)9-10-19(14-5-3-4-6-14)17(20)15-11-13-7-8-16(15)18-13/h12-16,18H,3-11H2,1-2H3. The second kappa shape index (κ2) is 6.05. The van der Waals surface area contributed by atoms with Crippen LogP contribution in [0.15, 0.2) is 0 Å². The number of carbonyl (C=O) groups excluding carboxylic acids is 1. The number of hydrogen-bond donors (Lipinski definition) is 1. The Morgan fingerprint density at radius 3 is 2.50 bits per heavy atom. The third-order valence-corrected chi connectivity index (χ3v) is 5.61. The summed E-state index contributed by atoms with van der Waals surface area (Å²) in [6.07, 6.45) is 9.82. The molecule has 0 aromatic carbocycles. The maximum absolute atomic E-state index is 13.0. The van der Waals surface area contributed by atoms with Crippen LogP contribution in [0.5, 0.6) is 0 Å². The van der Waals surface area contributed by atoms with Crippen molar-refractivity contribution in [1.82, 2.24) is 10.2 Å². The lowest BCUT2D eigenvalue weighted by Gasteiger charge is -2.34. The van der Waals surface area contributed by atoms with Gasteiger partial charge in [0.05, 0.1) is 5.92 Å². The van der Waals surface area contributed by atoms with Gasteiger partial charge in [0.25, 0.3) is 0 Å². The van der Waals surface area contributed by atoms with Gasteiger partial charge in [0.1, 0.15) is 0 Å². The number of amides is 1. The number of hydrogen-bond acceptors (Lipinski definition) is 2. The van der Waals surface area contributed by atoms with E-state index < -0.39 is 0 Å². The van der Waals surface area contributed by atoms with Gasteiger partial charge in [-0.25, -0.2) is 0 Å². The molecule has 3 atom stereocenters. The molecule has 0 spiro atoms. The van der Waals surface area contributed by atoms with E-state index in [9.17, 15) is 4.79 Å². The van der Waals surface area contributed by atoms with Crippen LogP contribution in [0, 0.1) is 11.8 Å². The van der Waals surface area contributed by atoms with Gasteiger partial charge >= 0.3 is 0 Å². The highest BCUT2D eigenvalue weighted by atomic mass is 16.2. The smallest absolute Gasteiger partial charge is 0.227 e. The van der Waals surface area contributed by atoms with Gasteiger partial charge in [-0.1, -0.05) is 26.7 Å². The van der Waals surface area contributed by atoms with Crippen LogP contribution in [0.2, 0.25) is 0 Å². The van der Waals surface area contributed by atoms with Gasteiger partial charge in [-0.05, 0) is 44.4 Å². The Morgan fingerprint density at radius 2 is 1.95 bits per heavy atom. The van der Waals surface area contributed by atoms with E-state index in [2.05, 4.69) is 24.1 Å². The molecule has 2 saturated heterocycles. The van der Waals surface area contributed by atoms with E-state index >= 15 is 0 Å². The van der Waals surface area contributed by atoms with Crippen LogP contribution in [0.3, 0.4) is 0 Å². The monoisotopic (exact) mass is 278 g/mol. The summed E-state index contributed by atoms with van der Waals surface area (Å²) in [4.78, 5) is 15.3. The van der Waals surface area contributed by atoms with Crippen molar-refractivity contribution in [2.75, 3.05) is 6.54 Å². The van der Waals surface area contributed by atoms with E-state index in [0.717, 1.165) is 19.4 Å². The summed E-state index contributed by atoms with van der Waals surface area (Å²) in [6, 6.07) is 1.65. The molecule has 2 aliphatic heterocycles. The Morgan fingerprint density at radius 1 is 1.20 bits per heavy atom. The van der Waals surface area contributed by atoms with Crippen LogP contribution >= 0.6 is 0 Å². The lowest BCUT2D eigenvalue weighted by Crippen LogP contribution is -2.46. The second-order valence-corrected chi connectivity index (χ2v) is 7.54. The van der Waals surface area contributed by atoms with Crippen LogP contribution in [-0.4, -0.2) is 35.5 Å². The Balaban J connectivity index is 1.65. The molecule has 0 aromatic rings. The molecule has 3 rings (SSSR count). The van der Waals surface area contributed by atoms with Crippen LogP contribution in [-0.2, 0) is 4.79 Å². The van der Waals surface area contributed by atoms with Crippen molar-refractivity contribution in [2.45, 2.75) is 83.3 Å². The third kappa shape index (κ3) is 2.88.